The van der Waals surface area contributed by atoms with Gasteiger partial charge in [-0.15, -0.1) is 0 Å². The van der Waals surface area contributed by atoms with Crippen molar-refractivity contribution >= 4 is 11.6 Å². The lowest BCUT2D eigenvalue weighted by molar-refractivity contribution is -0.0505. The molecule has 114 valence electrons. The van der Waals surface area contributed by atoms with Crippen LogP contribution in [0, 0.1) is 0 Å². The lowest BCUT2D eigenvalue weighted by Gasteiger charge is -2.18. The maximum atomic E-state index is 12.3. The van der Waals surface area contributed by atoms with E-state index in [1.165, 1.54) is 12.1 Å². The van der Waals surface area contributed by atoms with Crippen LogP contribution in [0.3, 0.4) is 0 Å². The van der Waals surface area contributed by atoms with Crippen LogP contribution in [0.1, 0.15) is 18.9 Å². The second-order valence-electron chi connectivity index (χ2n) is 5.00. The Bertz CT molecular complexity index is 416. The molecule has 0 bridgehead atoms. The largest absolute Gasteiger partial charge is 0.434 e. The minimum Gasteiger partial charge on any atom is -0.434 e. The van der Waals surface area contributed by atoms with Crippen molar-refractivity contribution < 1.29 is 13.5 Å². The summed E-state index contributed by atoms with van der Waals surface area (Å²) in [5, 5.41) is 3.79. The van der Waals surface area contributed by atoms with E-state index in [4.69, 9.17) is 11.6 Å². The predicted octanol–water partition coefficient (Wildman–Crippen LogP) is 3.37. The molecule has 0 saturated heterocycles. The van der Waals surface area contributed by atoms with Crippen LogP contribution in [-0.4, -0.2) is 38.2 Å². The molecule has 1 aromatic rings. The molecule has 0 heterocycles. The molecule has 1 aromatic carbocycles. The van der Waals surface area contributed by atoms with E-state index < -0.39 is 6.61 Å². The Morgan fingerprint density at radius 3 is 2.65 bits per heavy atom. The molecule has 3 nitrogen and oxygen atoms in total. The fourth-order valence-electron chi connectivity index (χ4n) is 1.74. The average molecular weight is 307 g/mol. The summed E-state index contributed by atoms with van der Waals surface area (Å²) in [6, 6.07) is 4.93. The summed E-state index contributed by atoms with van der Waals surface area (Å²) in [6.07, 6.45) is 0.971. The smallest absolute Gasteiger partial charge is 0.387 e. The van der Waals surface area contributed by atoms with Gasteiger partial charge in [0, 0.05) is 23.2 Å². The minimum absolute atomic E-state index is 0.164. The maximum Gasteiger partial charge on any atom is 0.387 e. The van der Waals surface area contributed by atoms with Gasteiger partial charge in [-0.05, 0) is 52.2 Å². The molecule has 0 fully saturated rings. The van der Waals surface area contributed by atoms with E-state index in [0.717, 1.165) is 13.0 Å². The monoisotopic (exact) mass is 306 g/mol. The highest BCUT2D eigenvalue weighted by molar-refractivity contribution is 6.30. The lowest BCUT2D eigenvalue weighted by Crippen LogP contribution is -2.29. The third-order valence-electron chi connectivity index (χ3n) is 2.89. The first kappa shape index (κ1) is 17.1. The van der Waals surface area contributed by atoms with Crippen molar-refractivity contribution in [3.8, 4) is 5.75 Å². The molecule has 6 heteroatoms. The number of ether oxygens (including phenoxy) is 1. The SMILES string of the molecule is CC(CCN(C)C)NCc1cc(Cl)ccc1OC(F)F. The summed E-state index contributed by atoms with van der Waals surface area (Å²) in [7, 11) is 4.02. The van der Waals surface area contributed by atoms with Gasteiger partial charge in [-0.1, -0.05) is 11.6 Å². The normalized spacial score (nSPS) is 13.0. The zero-order chi connectivity index (χ0) is 15.1. The Morgan fingerprint density at radius 2 is 2.05 bits per heavy atom. The van der Waals surface area contributed by atoms with E-state index in [0.29, 0.717) is 17.1 Å². The standard InChI is InChI=1S/C14H21ClF2N2O/c1-10(6-7-19(2)3)18-9-11-8-12(15)4-5-13(11)20-14(16)17/h4-5,8,10,14,18H,6-7,9H2,1-3H3. The molecule has 0 aliphatic rings. The number of hydrogen-bond donors (Lipinski definition) is 1. The van der Waals surface area contributed by atoms with E-state index in [1.54, 1.807) is 6.07 Å². The van der Waals surface area contributed by atoms with Crippen LogP contribution in [0.25, 0.3) is 0 Å². The first-order valence-corrected chi connectivity index (χ1v) is 6.87. The van der Waals surface area contributed by atoms with Gasteiger partial charge in [-0.25, -0.2) is 0 Å². The number of nitrogens with one attached hydrogen (secondary N) is 1. The van der Waals surface area contributed by atoms with Gasteiger partial charge < -0.3 is 15.0 Å². The molecular formula is C14H21ClF2N2O. The van der Waals surface area contributed by atoms with Crippen LogP contribution < -0.4 is 10.1 Å². The van der Waals surface area contributed by atoms with Crippen LogP contribution >= 0.6 is 11.6 Å². The molecule has 1 rings (SSSR count). The summed E-state index contributed by atoms with van der Waals surface area (Å²) < 4.78 is 29.1. The molecule has 0 aliphatic carbocycles. The van der Waals surface area contributed by atoms with Crippen LogP contribution in [0.2, 0.25) is 5.02 Å². The van der Waals surface area contributed by atoms with Gasteiger partial charge in [-0.2, -0.15) is 8.78 Å². The van der Waals surface area contributed by atoms with Crippen LogP contribution in [0.4, 0.5) is 8.78 Å². The van der Waals surface area contributed by atoms with Crippen LogP contribution in [0.5, 0.6) is 5.75 Å². The van der Waals surface area contributed by atoms with E-state index >= 15 is 0 Å². The first-order chi connectivity index (χ1) is 9.38. The quantitative estimate of drug-likeness (QED) is 0.797. The number of halogens is 3. The van der Waals surface area contributed by atoms with Gasteiger partial charge in [0.2, 0.25) is 0 Å². The van der Waals surface area contributed by atoms with E-state index in [1.807, 2.05) is 14.1 Å². The van der Waals surface area contributed by atoms with Crippen molar-refractivity contribution in [2.24, 2.45) is 0 Å². The Labute approximate surface area is 123 Å². The molecule has 1 atom stereocenters. The second-order valence-corrected chi connectivity index (χ2v) is 5.44. The van der Waals surface area contributed by atoms with Crippen LogP contribution in [-0.2, 0) is 6.54 Å². The maximum absolute atomic E-state index is 12.3. The topological polar surface area (TPSA) is 24.5 Å². The summed E-state index contributed by atoms with van der Waals surface area (Å²) in [6.45, 7) is 0.629. The lowest BCUT2D eigenvalue weighted by atomic mass is 10.1. The van der Waals surface area contributed by atoms with Gasteiger partial charge in [0.05, 0.1) is 0 Å². The molecule has 1 N–H and O–H groups in total. The Kier molecular flexibility index (Phi) is 7.19. The Morgan fingerprint density at radius 1 is 1.35 bits per heavy atom. The highest BCUT2D eigenvalue weighted by Gasteiger charge is 2.11. The second kappa shape index (κ2) is 8.39. The fraction of sp³-hybridized carbons (Fsp3) is 0.571. The molecule has 0 saturated carbocycles. The molecular weight excluding hydrogens is 286 g/mol. The fourth-order valence-corrected chi connectivity index (χ4v) is 1.93. The number of rotatable bonds is 8. The number of nitrogens with zero attached hydrogens (tertiary/aromatic N) is 1. The van der Waals surface area contributed by atoms with Gasteiger partial charge in [-0.3, -0.25) is 0 Å². The summed E-state index contributed by atoms with van der Waals surface area (Å²) in [5.41, 5.74) is 0.634. The van der Waals surface area contributed by atoms with Gasteiger partial charge in [0.1, 0.15) is 5.75 Å². The summed E-state index contributed by atoms with van der Waals surface area (Å²) >= 11 is 5.89. The molecule has 0 aromatic heterocycles. The third kappa shape index (κ3) is 6.50. The molecule has 0 aliphatic heterocycles. The van der Waals surface area contributed by atoms with Crippen molar-refractivity contribution in [3.63, 3.8) is 0 Å². The molecule has 0 spiro atoms. The molecule has 0 amide bonds. The van der Waals surface area contributed by atoms with Crippen molar-refractivity contribution in [2.45, 2.75) is 32.5 Å². The third-order valence-corrected chi connectivity index (χ3v) is 3.12. The predicted molar refractivity (Wildman–Crippen MR) is 77.6 cm³/mol. The average Bonchev–Trinajstić information content (AvgIpc) is 2.36. The summed E-state index contributed by atoms with van der Waals surface area (Å²) in [4.78, 5) is 2.10. The highest BCUT2D eigenvalue weighted by atomic mass is 35.5. The van der Waals surface area contributed by atoms with E-state index in [-0.39, 0.29) is 11.8 Å². The first-order valence-electron chi connectivity index (χ1n) is 6.50. The van der Waals surface area contributed by atoms with Crippen molar-refractivity contribution in [3.05, 3.63) is 28.8 Å². The van der Waals surface area contributed by atoms with Gasteiger partial charge in [0.25, 0.3) is 0 Å². The highest BCUT2D eigenvalue weighted by Crippen LogP contribution is 2.24. The number of hydrogen-bond acceptors (Lipinski definition) is 3. The van der Waals surface area contributed by atoms with Crippen molar-refractivity contribution in [1.29, 1.82) is 0 Å². The van der Waals surface area contributed by atoms with Crippen LogP contribution in [0.15, 0.2) is 18.2 Å². The molecule has 20 heavy (non-hydrogen) atoms. The zero-order valence-corrected chi connectivity index (χ0v) is 12.8. The minimum atomic E-state index is -2.83. The van der Waals surface area contributed by atoms with Gasteiger partial charge >= 0.3 is 6.61 Å². The number of benzene rings is 1. The van der Waals surface area contributed by atoms with E-state index in [2.05, 4.69) is 21.9 Å². The molecule has 1 unspecified atom stereocenters. The molecule has 0 radical (unpaired) electrons. The number of alkyl halides is 2. The van der Waals surface area contributed by atoms with E-state index in [9.17, 15) is 8.78 Å². The summed E-state index contributed by atoms with van der Waals surface area (Å²) in [5.74, 6) is 0.164. The van der Waals surface area contributed by atoms with Crippen molar-refractivity contribution in [1.82, 2.24) is 10.2 Å². The Balaban J connectivity index is 2.59. The van der Waals surface area contributed by atoms with Gasteiger partial charge in [0.15, 0.2) is 0 Å². The Hall–Kier alpha value is -0.910. The van der Waals surface area contributed by atoms with Crippen molar-refractivity contribution in [2.75, 3.05) is 20.6 Å². The zero-order valence-electron chi connectivity index (χ0n) is 12.0.